The van der Waals surface area contributed by atoms with Crippen molar-refractivity contribution in [3.8, 4) is 0 Å². The number of hydrogen-bond donors (Lipinski definition) is 1. The van der Waals surface area contributed by atoms with E-state index in [9.17, 15) is 9.59 Å². The predicted octanol–water partition coefficient (Wildman–Crippen LogP) is 5.00. The van der Waals surface area contributed by atoms with Crippen LogP contribution in [0.2, 0.25) is 10.0 Å². The van der Waals surface area contributed by atoms with Gasteiger partial charge in [-0.1, -0.05) is 23.2 Å². The Labute approximate surface area is 184 Å². The zero-order valence-corrected chi connectivity index (χ0v) is 18.9. The molecule has 4 nitrogen and oxygen atoms in total. The third-order valence-corrected chi connectivity index (χ3v) is 10.9. The molecule has 1 heterocycles. The van der Waals surface area contributed by atoms with Crippen LogP contribution in [0, 0.1) is 17.8 Å². The lowest BCUT2D eigenvalue weighted by Crippen LogP contribution is -2.45. The quantitative estimate of drug-likeness (QED) is 0.688. The minimum atomic E-state index is -0.230. The molecule has 152 valence electrons. The van der Waals surface area contributed by atoms with Gasteiger partial charge in [0, 0.05) is 30.2 Å². The molecule has 8 heteroatoms. The average molecular weight is 459 g/mol. The molecule has 1 spiro atoms. The molecule has 2 atom stereocenters. The van der Waals surface area contributed by atoms with Crippen molar-refractivity contribution in [1.82, 2.24) is 4.90 Å². The first-order chi connectivity index (χ1) is 13.4. The molecule has 1 saturated heterocycles. The molecule has 1 aromatic rings. The lowest BCUT2D eigenvalue weighted by molar-refractivity contribution is -0.138. The highest BCUT2D eigenvalue weighted by molar-refractivity contribution is 8.21. The van der Waals surface area contributed by atoms with E-state index in [0.29, 0.717) is 31.6 Å². The minimum absolute atomic E-state index is 0.0412. The number of nitrogens with zero attached hydrogens (tertiary/aromatic N) is 1. The number of rotatable bonds is 4. The van der Waals surface area contributed by atoms with Crippen molar-refractivity contribution >= 4 is 64.2 Å². The SMILES string of the molecule is CN(CC(=O)Nc1ccc(Cl)c(Cl)c1)C(=O)C1CC2CCC(C1)C21SCCS1. The van der Waals surface area contributed by atoms with Crippen LogP contribution in [0.4, 0.5) is 5.69 Å². The second kappa shape index (κ2) is 8.29. The Bertz CT molecular complexity index is 769. The molecule has 2 bridgehead atoms. The predicted molar refractivity (Wildman–Crippen MR) is 119 cm³/mol. The van der Waals surface area contributed by atoms with Gasteiger partial charge in [0.15, 0.2) is 0 Å². The molecule has 2 aliphatic carbocycles. The number of nitrogens with one attached hydrogen (secondary N) is 1. The number of carbonyl (C=O) groups is 2. The molecule has 3 aliphatic rings. The summed E-state index contributed by atoms with van der Waals surface area (Å²) in [6.07, 6.45) is 4.42. The maximum Gasteiger partial charge on any atom is 0.243 e. The van der Waals surface area contributed by atoms with Gasteiger partial charge in [-0.05, 0) is 55.7 Å². The van der Waals surface area contributed by atoms with Crippen LogP contribution in [0.5, 0.6) is 0 Å². The molecule has 3 fully saturated rings. The van der Waals surface area contributed by atoms with Crippen LogP contribution < -0.4 is 5.32 Å². The summed E-state index contributed by atoms with van der Waals surface area (Å²) in [5, 5.41) is 3.61. The minimum Gasteiger partial charge on any atom is -0.336 e. The van der Waals surface area contributed by atoms with Crippen LogP contribution in [0.3, 0.4) is 0 Å². The standard InChI is InChI=1S/C20H24Cl2N2O2S2/c1-24(11-18(25)23-15-4-5-16(21)17(22)10-15)19(26)12-8-13-2-3-14(9-12)20(13)27-6-7-28-20/h4-5,10,12-14H,2-3,6-9,11H2,1H3,(H,23,25). The van der Waals surface area contributed by atoms with E-state index in [2.05, 4.69) is 28.8 Å². The summed E-state index contributed by atoms with van der Waals surface area (Å²) in [7, 11) is 1.72. The van der Waals surface area contributed by atoms with Gasteiger partial charge in [-0.15, -0.1) is 23.5 Å². The number of halogens is 2. The van der Waals surface area contributed by atoms with Crippen LogP contribution in [-0.2, 0) is 9.59 Å². The molecular formula is C20H24Cl2N2O2S2. The summed E-state index contributed by atoms with van der Waals surface area (Å²) in [6.45, 7) is 0.0412. The first-order valence-electron chi connectivity index (χ1n) is 9.67. The van der Waals surface area contributed by atoms with Crippen molar-refractivity contribution in [2.24, 2.45) is 17.8 Å². The maximum atomic E-state index is 13.0. The van der Waals surface area contributed by atoms with Gasteiger partial charge in [-0.2, -0.15) is 0 Å². The molecule has 2 saturated carbocycles. The van der Waals surface area contributed by atoms with Gasteiger partial charge in [-0.3, -0.25) is 9.59 Å². The van der Waals surface area contributed by atoms with E-state index in [4.69, 9.17) is 23.2 Å². The Balaban J connectivity index is 1.34. The summed E-state index contributed by atoms with van der Waals surface area (Å²) < 4.78 is 0.376. The fraction of sp³-hybridized carbons (Fsp3) is 0.600. The van der Waals surface area contributed by atoms with E-state index >= 15 is 0 Å². The van der Waals surface area contributed by atoms with Crippen molar-refractivity contribution in [3.05, 3.63) is 28.2 Å². The van der Waals surface area contributed by atoms with E-state index in [1.165, 1.54) is 24.3 Å². The maximum absolute atomic E-state index is 13.0. The van der Waals surface area contributed by atoms with Crippen molar-refractivity contribution in [2.75, 3.05) is 30.4 Å². The first-order valence-corrected chi connectivity index (χ1v) is 12.4. The third-order valence-electron chi connectivity index (χ3n) is 6.19. The summed E-state index contributed by atoms with van der Waals surface area (Å²) in [6, 6.07) is 4.95. The van der Waals surface area contributed by atoms with Gasteiger partial charge in [0.1, 0.15) is 0 Å². The summed E-state index contributed by atoms with van der Waals surface area (Å²) in [5.74, 6) is 3.67. The molecule has 4 rings (SSSR count). The van der Waals surface area contributed by atoms with Gasteiger partial charge < -0.3 is 10.2 Å². The van der Waals surface area contributed by atoms with Gasteiger partial charge in [0.2, 0.25) is 11.8 Å². The number of hydrogen-bond acceptors (Lipinski definition) is 4. The van der Waals surface area contributed by atoms with Crippen LogP contribution in [-0.4, -0.2) is 45.9 Å². The van der Waals surface area contributed by atoms with Gasteiger partial charge in [0.25, 0.3) is 0 Å². The van der Waals surface area contributed by atoms with Crippen molar-refractivity contribution in [1.29, 1.82) is 0 Å². The van der Waals surface area contributed by atoms with Gasteiger partial charge in [-0.25, -0.2) is 0 Å². The number of thioether (sulfide) groups is 2. The van der Waals surface area contributed by atoms with Crippen molar-refractivity contribution < 1.29 is 9.59 Å². The molecule has 28 heavy (non-hydrogen) atoms. The number of benzene rings is 1. The zero-order valence-electron chi connectivity index (χ0n) is 15.7. The average Bonchev–Trinajstić information content (AvgIpc) is 3.19. The molecule has 1 N–H and O–H groups in total. The van der Waals surface area contributed by atoms with Crippen LogP contribution in [0.1, 0.15) is 25.7 Å². The largest absolute Gasteiger partial charge is 0.336 e. The number of anilines is 1. The Kier molecular flexibility index (Phi) is 6.13. The first kappa shape index (κ1) is 20.7. The second-order valence-corrected chi connectivity index (χ2v) is 11.7. The molecule has 0 aromatic heterocycles. The number of amides is 2. The molecule has 2 unspecified atom stereocenters. The molecule has 1 aromatic carbocycles. The fourth-order valence-electron chi connectivity index (χ4n) is 4.98. The van der Waals surface area contributed by atoms with Crippen molar-refractivity contribution in [2.45, 2.75) is 29.8 Å². The number of likely N-dealkylation sites (N-methyl/N-ethyl adjacent to an activating group) is 1. The highest BCUT2D eigenvalue weighted by Crippen LogP contribution is 2.65. The Morgan fingerprint density at radius 3 is 2.39 bits per heavy atom. The third kappa shape index (κ3) is 3.90. The van der Waals surface area contributed by atoms with E-state index in [1.807, 2.05) is 0 Å². The Morgan fingerprint density at radius 1 is 1.14 bits per heavy atom. The second-order valence-electron chi connectivity index (χ2n) is 7.93. The molecule has 0 radical (unpaired) electrons. The zero-order chi connectivity index (χ0) is 19.9. The van der Waals surface area contributed by atoms with E-state index < -0.39 is 0 Å². The van der Waals surface area contributed by atoms with Crippen molar-refractivity contribution in [3.63, 3.8) is 0 Å². The Morgan fingerprint density at radius 2 is 1.79 bits per heavy atom. The normalized spacial score (nSPS) is 27.8. The van der Waals surface area contributed by atoms with E-state index in [0.717, 1.165) is 12.8 Å². The lowest BCUT2D eigenvalue weighted by atomic mass is 9.79. The summed E-state index contributed by atoms with van der Waals surface area (Å²) in [5.41, 5.74) is 0.577. The van der Waals surface area contributed by atoms with Crippen LogP contribution in [0.15, 0.2) is 18.2 Å². The van der Waals surface area contributed by atoms with Crippen LogP contribution in [0.25, 0.3) is 0 Å². The Hall–Kier alpha value is -0.560. The number of carbonyl (C=O) groups excluding carboxylic acids is 2. The van der Waals surface area contributed by atoms with Gasteiger partial charge >= 0.3 is 0 Å². The highest BCUT2D eigenvalue weighted by Gasteiger charge is 2.57. The van der Waals surface area contributed by atoms with E-state index in [-0.39, 0.29) is 24.3 Å². The smallest absolute Gasteiger partial charge is 0.243 e. The lowest BCUT2D eigenvalue weighted by Gasteiger charge is -2.43. The molecule has 2 amide bonds. The van der Waals surface area contributed by atoms with E-state index in [1.54, 1.807) is 30.1 Å². The molecular weight excluding hydrogens is 435 g/mol. The topological polar surface area (TPSA) is 49.4 Å². The summed E-state index contributed by atoms with van der Waals surface area (Å²) in [4.78, 5) is 26.9. The van der Waals surface area contributed by atoms with Gasteiger partial charge in [0.05, 0.1) is 20.7 Å². The molecule has 1 aliphatic heterocycles. The monoisotopic (exact) mass is 458 g/mol. The van der Waals surface area contributed by atoms with Crippen LogP contribution >= 0.6 is 46.7 Å². The summed E-state index contributed by atoms with van der Waals surface area (Å²) >= 11 is 16.2. The highest BCUT2D eigenvalue weighted by atomic mass is 35.5. The fourth-order valence-corrected chi connectivity index (χ4v) is 9.22.